The molecule has 158 valence electrons. The quantitative estimate of drug-likeness (QED) is 0.508. The second-order valence-electron chi connectivity index (χ2n) is 7.40. The fourth-order valence-electron chi connectivity index (χ4n) is 3.76. The first-order chi connectivity index (χ1) is 15.1. The van der Waals surface area contributed by atoms with Crippen LogP contribution >= 0.6 is 11.6 Å². The first kappa shape index (κ1) is 19.6. The van der Waals surface area contributed by atoms with Gasteiger partial charge in [0.05, 0.1) is 35.5 Å². The maximum absolute atomic E-state index is 12.9. The number of aromatic amines is 1. The summed E-state index contributed by atoms with van der Waals surface area (Å²) in [4.78, 5) is 19.8. The van der Waals surface area contributed by atoms with Crippen LogP contribution in [0.4, 0.5) is 17.2 Å². The molecular weight excluding hydrogens is 416 g/mol. The Morgan fingerprint density at radius 2 is 1.94 bits per heavy atom. The number of hydrogen-bond acceptors (Lipinski definition) is 6. The van der Waals surface area contributed by atoms with E-state index < -0.39 is 0 Å². The number of aromatic nitrogens is 4. The highest BCUT2D eigenvalue weighted by atomic mass is 35.5. The molecule has 3 heterocycles. The molecule has 0 radical (unpaired) electrons. The lowest BCUT2D eigenvalue weighted by molar-refractivity contribution is 0.122. The summed E-state index contributed by atoms with van der Waals surface area (Å²) in [6.45, 7) is 3.23. The minimum absolute atomic E-state index is 0.217. The zero-order chi connectivity index (χ0) is 21.4. The van der Waals surface area contributed by atoms with Crippen molar-refractivity contribution in [2.45, 2.75) is 0 Å². The van der Waals surface area contributed by atoms with E-state index in [-0.39, 0.29) is 11.4 Å². The number of morpholine rings is 1. The zero-order valence-electron chi connectivity index (χ0n) is 16.9. The number of fused-ring (bicyclic) bond motifs is 1. The van der Waals surface area contributed by atoms with E-state index in [1.807, 2.05) is 30.3 Å². The highest BCUT2D eigenvalue weighted by Gasteiger charge is 2.14. The molecule has 0 aliphatic carbocycles. The Kier molecular flexibility index (Phi) is 5.09. The molecule has 0 spiro atoms. The van der Waals surface area contributed by atoms with Gasteiger partial charge in [0, 0.05) is 48.8 Å². The maximum atomic E-state index is 12.9. The molecule has 0 bridgehead atoms. The van der Waals surface area contributed by atoms with Crippen molar-refractivity contribution >= 4 is 39.8 Å². The molecule has 2 aromatic heterocycles. The number of anilines is 3. The van der Waals surface area contributed by atoms with Gasteiger partial charge in [-0.1, -0.05) is 11.6 Å². The van der Waals surface area contributed by atoms with Crippen LogP contribution in [0.2, 0.25) is 5.02 Å². The third-order valence-corrected chi connectivity index (χ3v) is 5.79. The minimum Gasteiger partial charge on any atom is -0.378 e. The lowest BCUT2D eigenvalue weighted by Gasteiger charge is -2.28. The average molecular weight is 437 g/mol. The zero-order valence-corrected chi connectivity index (χ0v) is 17.7. The van der Waals surface area contributed by atoms with Crippen molar-refractivity contribution in [3.05, 3.63) is 64.2 Å². The fourth-order valence-corrected chi connectivity index (χ4v) is 4.03. The van der Waals surface area contributed by atoms with Gasteiger partial charge in [0.1, 0.15) is 0 Å². The van der Waals surface area contributed by atoms with Crippen LogP contribution in [-0.2, 0) is 11.8 Å². The highest BCUT2D eigenvalue weighted by Crippen LogP contribution is 2.31. The number of nitrogens with one attached hydrogen (secondary N) is 2. The number of ether oxygens (including phenoxy) is 1. The van der Waals surface area contributed by atoms with Crippen LogP contribution in [0.15, 0.2) is 53.6 Å². The van der Waals surface area contributed by atoms with Crippen LogP contribution in [0.1, 0.15) is 0 Å². The van der Waals surface area contributed by atoms with Crippen molar-refractivity contribution in [2.75, 3.05) is 36.5 Å². The second-order valence-corrected chi connectivity index (χ2v) is 7.81. The topological polar surface area (TPSA) is 88.1 Å². The van der Waals surface area contributed by atoms with Gasteiger partial charge >= 0.3 is 0 Å². The highest BCUT2D eigenvalue weighted by molar-refractivity contribution is 6.34. The molecule has 5 rings (SSSR count). The van der Waals surface area contributed by atoms with Gasteiger partial charge in [0.25, 0.3) is 5.56 Å². The smallest absolute Gasteiger partial charge is 0.293 e. The van der Waals surface area contributed by atoms with Gasteiger partial charge in [0.15, 0.2) is 5.82 Å². The normalized spacial score (nSPS) is 14.2. The Morgan fingerprint density at radius 3 is 2.65 bits per heavy atom. The molecule has 2 N–H and O–H groups in total. The summed E-state index contributed by atoms with van der Waals surface area (Å²) in [5.41, 5.74) is 4.67. The largest absolute Gasteiger partial charge is 0.378 e. The molecule has 2 aromatic carbocycles. The van der Waals surface area contributed by atoms with Gasteiger partial charge in [0.2, 0.25) is 0 Å². The predicted octanol–water partition coefficient (Wildman–Crippen LogP) is 3.56. The number of rotatable bonds is 4. The van der Waals surface area contributed by atoms with Gasteiger partial charge in [-0.15, -0.1) is 0 Å². The first-order valence-electron chi connectivity index (χ1n) is 9.99. The van der Waals surface area contributed by atoms with Crippen molar-refractivity contribution < 1.29 is 4.74 Å². The summed E-state index contributed by atoms with van der Waals surface area (Å²) in [7, 11) is 1.73. The molecule has 0 unspecified atom stereocenters. The standard InChI is InChI=1S/C22H21ClN6O2/c1-28-20-10-17(14-12-24-25-13-14)18(23)11-19(20)27-21(22(28)30)26-15-2-4-16(5-3-15)29-6-8-31-9-7-29/h2-5,10-13H,6-9H2,1H3,(H,24,25)(H,26,27). The van der Waals surface area contributed by atoms with E-state index >= 15 is 0 Å². The van der Waals surface area contributed by atoms with E-state index in [1.54, 1.807) is 30.1 Å². The molecule has 4 aromatic rings. The van der Waals surface area contributed by atoms with Crippen LogP contribution in [0, 0.1) is 0 Å². The van der Waals surface area contributed by atoms with Gasteiger partial charge in [-0.25, -0.2) is 4.98 Å². The Hall–Kier alpha value is -3.36. The van der Waals surface area contributed by atoms with Gasteiger partial charge in [-0.3, -0.25) is 9.89 Å². The molecule has 8 nitrogen and oxygen atoms in total. The van der Waals surface area contributed by atoms with Crippen LogP contribution in [0.5, 0.6) is 0 Å². The number of aryl methyl sites for hydroxylation is 1. The molecule has 1 aliphatic heterocycles. The molecule has 0 atom stereocenters. The molecule has 0 saturated carbocycles. The van der Waals surface area contributed by atoms with Gasteiger partial charge < -0.3 is 19.5 Å². The third kappa shape index (κ3) is 3.75. The predicted molar refractivity (Wildman–Crippen MR) is 122 cm³/mol. The van der Waals surface area contributed by atoms with Crippen molar-refractivity contribution in [3.63, 3.8) is 0 Å². The van der Waals surface area contributed by atoms with Crippen LogP contribution in [0.3, 0.4) is 0 Å². The van der Waals surface area contributed by atoms with Crippen LogP contribution in [-0.4, -0.2) is 46.1 Å². The summed E-state index contributed by atoms with van der Waals surface area (Å²) in [6.07, 6.45) is 3.45. The molecule has 1 aliphatic rings. The Balaban J connectivity index is 1.47. The molecular formula is C22H21ClN6O2. The Labute approximate surface area is 183 Å². The van der Waals surface area contributed by atoms with Crippen LogP contribution in [0.25, 0.3) is 22.2 Å². The maximum Gasteiger partial charge on any atom is 0.293 e. The number of halogens is 1. The third-order valence-electron chi connectivity index (χ3n) is 5.48. The monoisotopic (exact) mass is 436 g/mol. The van der Waals surface area contributed by atoms with E-state index in [0.29, 0.717) is 16.1 Å². The van der Waals surface area contributed by atoms with E-state index in [4.69, 9.17) is 16.3 Å². The lowest BCUT2D eigenvalue weighted by Crippen LogP contribution is -2.36. The van der Waals surface area contributed by atoms with E-state index in [2.05, 4.69) is 25.4 Å². The molecule has 9 heteroatoms. The van der Waals surface area contributed by atoms with Crippen molar-refractivity contribution in [3.8, 4) is 11.1 Å². The summed E-state index contributed by atoms with van der Waals surface area (Å²) < 4.78 is 6.98. The Morgan fingerprint density at radius 1 is 1.16 bits per heavy atom. The number of hydrogen-bond donors (Lipinski definition) is 2. The van der Waals surface area contributed by atoms with E-state index in [1.165, 1.54) is 0 Å². The van der Waals surface area contributed by atoms with Crippen LogP contribution < -0.4 is 15.8 Å². The summed E-state index contributed by atoms with van der Waals surface area (Å²) in [5, 5.41) is 10.4. The fraction of sp³-hybridized carbons (Fsp3) is 0.227. The van der Waals surface area contributed by atoms with E-state index in [9.17, 15) is 4.79 Å². The van der Waals surface area contributed by atoms with E-state index in [0.717, 1.165) is 48.8 Å². The molecule has 0 amide bonds. The van der Waals surface area contributed by atoms with Crippen molar-refractivity contribution in [2.24, 2.45) is 7.05 Å². The minimum atomic E-state index is -0.217. The van der Waals surface area contributed by atoms with Crippen molar-refractivity contribution in [1.82, 2.24) is 19.7 Å². The molecule has 1 saturated heterocycles. The average Bonchev–Trinajstić information content (AvgIpc) is 3.33. The second kappa shape index (κ2) is 8.05. The number of H-pyrrole nitrogens is 1. The number of nitrogens with zero attached hydrogens (tertiary/aromatic N) is 4. The lowest BCUT2D eigenvalue weighted by atomic mass is 10.1. The number of benzene rings is 2. The summed E-state index contributed by atoms with van der Waals surface area (Å²) in [6, 6.07) is 11.6. The summed E-state index contributed by atoms with van der Waals surface area (Å²) in [5.74, 6) is 0.251. The van der Waals surface area contributed by atoms with Gasteiger partial charge in [-0.2, -0.15) is 5.10 Å². The van der Waals surface area contributed by atoms with Gasteiger partial charge in [-0.05, 0) is 36.4 Å². The van der Waals surface area contributed by atoms with Crippen molar-refractivity contribution in [1.29, 1.82) is 0 Å². The SMILES string of the molecule is Cn1c(=O)c(Nc2ccc(N3CCOCC3)cc2)nc2cc(Cl)c(-c3cn[nH]c3)cc21. The molecule has 31 heavy (non-hydrogen) atoms. The first-order valence-corrected chi connectivity index (χ1v) is 10.4. The molecule has 1 fully saturated rings. The Bertz CT molecular complexity index is 1280. The summed E-state index contributed by atoms with van der Waals surface area (Å²) >= 11 is 6.49.